The van der Waals surface area contributed by atoms with Gasteiger partial charge < -0.3 is 16.4 Å². The van der Waals surface area contributed by atoms with E-state index in [1.807, 2.05) is 6.07 Å². The van der Waals surface area contributed by atoms with Gasteiger partial charge in [-0.15, -0.1) is 0 Å². The molecule has 5 heteroatoms. The van der Waals surface area contributed by atoms with Gasteiger partial charge in [0.1, 0.15) is 5.82 Å². The Morgan fingerprint density at radius 2 is 1.87 bits per heavy atom. The first-order valence-electron chi connectivity index (χ1n) is 8.68. The second-order valence-electron chi connectivity index (χ2n) is 7.00. The summed E-state index contributed by atoms with van der Waals surface area (Å²) in [6.07, 6.45) is 6.82. The van der Waals surface area contributed by atoms with Crippen LogP contribution in [0.15, 0.2) is 24.3 Å². The second kappa shape index (κ2) is 7.30. The van der Waals surface area contributed by atoms with Crippen molar-refractivity contribution in [3.63, 3.8) is 0 Å². The normalized spacial score (nSPS) is 30.9. The Balaban J connectivity index is 1.47. The molecule has 1 aromatic rings. The highest BCUT2D eigenvalue weighted by molar-refractivity contribution is 5.74. The number of nitrogens with one attached hydrogen (secondary N) is 2. The summed E-state index contributed by atoms with van der Waals surface area (Å²) in [5.41, 5.74) is 6.99. The number of nitrogens with two attached hydrogens (primary N) is 1. The number of carbonyl (C=O) groups is 1. The lowest BCUT2D eigenvalue weighted by molar-refractivity contribution is 0.227. The van der Waals surface area contributed by atoms with E-state index in [2.05, 4.69) is 10.6 Å². The zero-order chi connectivity index (χ0) is 16.2. The van der Waals surface area contributed by atoms with Gasteiger partial charge in [-0.3, -0.25) is 0 Å². The minimum Gasteiger partial charge on any atom is -0.335 e. The number of halogens is 1. The highest BCUT2D eigenvalue weighted by Crippen LogP contribution is 2.34. The Morgan fingerprint density at radius 3 is 2.61 bits per heavy atom. The quantitative estimate of drug-likeness (QED) is 0.801. The van der Waals surface area contributed by atoms with E-state index in [0.717, 1.165) is 50.5 Å². The van der Waals surface area contributed by atoms with Gasteiger partial charge in [0.2, 0.25) is 0 Å². The fourth-order valence-corrected chi connectivity index (χ4v) is 3.95. The summed E-state index contributed by atoms with van der Waals surface area (Å²) in [4.78, 5) is 12.1. The maximum Gasteiger partial charge on any atom is 0.315 e. The topological polar surface area (TPSA) is 67.1 Å². The van der Waals surface area contributed by atoms with E-state index in [0.29, 0.717) is 5.92 Å². The Kier molecular flexibility index (Phi) is 5.16. The minimum atomic E-state index is -0.190. The van der Waals surface area contributed by atoms with Crippen molar-refractivity contribution in [3.05, 3.63) is 35.6 Å². The van der Waals surface area contributed by atoms with Crippen LogP contribution in [0.4, 0.5) is 9.18 Å². The Bertz CT molecular complexity index is 551. The molecule has 0 aliphatic heterocycles. The fraction of sp³-hybridized carbons (Fsp3) is 0.611. The van der Waals surface area contributed by atoms with Gasteiger partial charge in [0, 0.05) is 18.1 Å². The van der Waals surface area contributed by atoms with Crippen molar-refractivity contribution in [3.8, 4) is 0 Å². The monoisotopic (exact) mass is 319 g/mol. The average molecular weight is 319 g/mol. The summed E-state index contributed by atoms with van der Waals surface area (Å²) in [5, 5.41) is 6.12. The molecule has 0 aromatic heterocycles. The predicted molar refractivity (Wildman–Crippen MR) is 88.7 cm³/mol. The number of hydrogen-bond donors (Lipinski definition) is 3. The first kappa shape index (κ1) is 16.2. The predicted octanol–water partition coefficient (Wildman–Crippen LogP) is 3.03. The van der Waals surface area contributed by atoms with Crippen molar-refractivity contribution in [1.82, 2.24) is 10.6 Å². The lowest BCUT2D eigenvalue weighted by Crippen LogP contribution is -2.48. The van der Waals surface area contributed by atoms with E-state index in [1.54, 1.807) is 12.1 Å². The van der Waals surface area contributed by atoms with Gasteiger partial charge in [0.05, 0.1) is 0 Å². The molecule has 126 valence electrons. The Labute approximate surface area is 137 Å². The number of urea groups is 1. The van der Waals surface area contributed by atoms with E-state index in [-0.39, 0.29) is 30.0 Å². The largest absolute Gasteiger partial charge is 0.335 e. The zero-order valence-electron chi connectivity index (χ0n) is 13.4. The molecule has 0 radical (unpaired) electrons. The molecule has 0 heterocycles. The lowest BCUT2D eigenvalue weighted by Gasteiger charge is -2.28. The van der Waals surface area contributed by atoms with Gasteiger partial charge in [-0.1, -0.05) is 12.1 Å². The maximum absolute atomic E-state index is 13.3. The van der Waals surface area contributed by atoms with Crippen molar-refractivity contribution < 1.29 is 9.18 Å². The highest BCUT2D eigenvalue weighted by Gasteiger charge is 2.28. The first-order chi connectivity index (χ1) is 11.1. The molecule has 0 bridgehead atoms. The summed E-state index contributed by atoms with van der Waals surface area (Å²) in [6.45, 7) is 0. The fourth-order valence-electron chi connectivity index (χ4n) is 3.95. The number of hydrogen-bond acceptors (Lipinski definition) is 2. The van der Waals surface area contributed by atoms with Crippen LogP contribution in [-0.4, -0.2) is 24.2 Å². The van der Waals surface area contributed by atoms with Crippen molar-refractivity contribution in [2.75, 3.05) is 0 Å². The van der Waals surface area contributed by atoms with Crippen molar-refractivity contribution >= 4 is 6.03 Å². The van der Waals surface area contributed by atoms with Crippen LogP contribution in [0.1, 0.15) is 56.4 Å². The van der Waals surface area contributed by atoms with Gasteiger partial charge >= 0.3 is 6.03 Å². The van der Waals surface area contributed by atoms with Crippen molar-refractivity contribution in [1.29, 1.82) is 0 Å². The molecule has 4 N–H and O–H groups in total. The third-order valence-electron chi connectivity index (χ3n) is 5.14. The van der Waals surface area contributed by atoms with Gasteiger partial charge in [-0.2, -0.15) is 0 Å². The molecule has 2 saturated carbocycles. The number of rotatable bonds is 3. The molecule has 3 rings (SSSR count). The maximum atomic E-state index is 13.3. The molecule has 23 heavy (non-hydrogen) atoms. The molecule has 4 unspecified atom stereocenters. The smallest absolute Gasteiger partial charge is 0.315 e. The molecular weight excluding hydrogens is 293 g/mol. The van der Waals surface area contributed by atoms with Crippen molar-refractivity contribution in [2.45, 2.75) is 69.0 Å². The van der Waals surface area contributed by atoms with Gasteiger partial charge in [0.15, 0.2) is 0 Å². The highest BCUT2D eigenvalue weighted by atomic mass is 19.1. The van der Waals surface area contributed by atoms with E-state index < -0.39 is 0 Å². The Morgan fingerprint density at radius 1 is 1.09 bits per heavy atom. The second-order valence-corrected chi connectivity index (χ2v) is 7.00. The van der Waals surface area contributed by atoms with E-state index in [9.17, 15) is 9.18 Å². The molecule has 2 amide bonds. The SMILES string of the molecule is NC1CCCC(NC(=O)NC2CCC(c3cccc(F)c3)C2)C1. The van der Waals surface area contributed by atoms with Crippen LogP contribution < -0.4 is 16.4 Å². The van der Waals surface area contributed by atoms with Crippen molar-refractivity contribution in [2.24, 2.45) is 5.73 Å². The Hall–Kier alpha value is -1.62. The van der Waals surface area contributed by atoms with Crippen LogP contribution in [-0.2, 0) is 0 Å². The zero-order valence-corrected chi connectivity index (χ0v) is 13.4. The molecule has 0 saturated heterocycles. The number of carbonyl (C=O) groups excluding carboxylic acids is 1. The van der Waals surface area contributed by atoms with E-state index in [1.165, 1.54) is 6.07 Å². The van der Waals surface area contributed by atoms with Crippen LogP contribution in [0.2, 0.25) is 0 Å². The molecule has 4 atom stereocenters. The van der Waals surface area contributed by atoms with Gasteiger partial charge in [0.25, 0.3) is 0 Å². The lowest BCUT2D eigenvalue weighted by atomic mass is 9.92. The molecular formula is C18H26FN3O. The van der Waals surface area contributed by atoms with Crippen LogP contribution in [0.5, 0.6) is 0 Å². The summed E-state index contributed by atoms with van der Waals surface area (Å²) >= 11 is 0. The molecule has 4 nitrogen and oxygen atoms in total. The molecule has 1 aromatic carbocycles. The number of amides is 2. The van der Waals surface area contributed by atoms with Gasteiger partial charge in [-0.25, -0.2) is 9.18 Å². The molecule has 2 aliphatic rings. The first-order valence-corrected chi connectivity index (χ1v) is 8.68. The van der Waals surface area contributed by atoms with Crippen LogP contribution in [0.25, 0.3) is 0 Å². The third kappa shape index (κ3) is 4.44. The average Bonchev–Trinajstić information content (AvgIpc) is 2.95. The van der Waals surface area contributed by atoms with Crippen LogP contribution in [0, 0.1) is 5.82 Å². The summed E-state index contributed by atoms with van der Waals surface area (Å²) in [6, 6.07) is 7.28. The molecule has 2 fully saturated rings. The van der Waals surface area contributed by atoms with E-state index in [4.69, 9.17) is 5.73 Å². The molecule has 2 aliphatic carbocycles. The standard InChI is InChI=1S/C18H26FN3O/c19-14-4-1-3-12(9-14)13-7-8-17(10-13)22-18(23)21-16-6-2-5-15(20)11-16/h1,3-4,9,13,15-17H,2,5-8,10-11,20H2,(H2,21,22,23). The van der Waals surface area contributed by atoms with Gasteiger partial charge in [-0.05, 0) is 68.6 Å². The van der Waals surface area contributed by atoms with Crippen LogP contribution in [0.3, 0.4) is 0 Å². The third-order valence-corrected chi connectivity index (χ3v) is 5.14. The summed E-state index contributed by atoms with van der Waals surface area (Å²) in [5.74, 6) is 0.143. The summed E-state index contributed by atoms with van der Waals surface area (Å²) < 4.78 is 13.3. The minimum absolute atomic E-state index is 0.0889. The van der Waals surface area contributed by atoms with E-state index >= 15 is 0 Å². The van der Waals surface area contributed by atoms with Crippen LogP contribution >= 0.6 is 0 Å². The molecule has 0 spiro atoms. The number of benzene rings is 1. The summed E-state index contributed by atoms with van der Waals surface area (Å²) in [7, 11) is 0.